The van der Waals surface area contributed by atoms with E-state index in [0.717, 1.165) is 28.9 Å². The first-order chi connectivity index (χ1) is 10.2. The summed E-state index contributed by atoms with van der Waals surface area (Å²) in [5, 5.41) is 4.65. The van der Waals surface area contributed by atoms with E-state index < -0.39 is 0 Å². The van der Waals surface area contributed by atoms with Crippen LogP contribution in [-0.2, 0) is 0 Å². The molecule has 1 atom stereocenters. The number of rotatable bonds is 7. The van der Waals surface area contributed by atoms with E-state index in [4.69, 9.17) is 0 Å². The molecule has 0 aliphatic rings. The highest BCUT2D eigenvalue weighted by Crippen LogP contribution is 2.33. The van der Waals surface area contributed by atoms with Gasteiger partial charge in [-0.2, -0.15) is 0 Å². The van der Waals surface area contributed by atoms with E-state index in [1.807, 2.05) is 18.3 Å². The van der Waals surface area contributed by atoms with Crippen LogP contribution >= 0.6 is 27.7 Å². The molecule has 0 amide bonds. The Hall–Kier alpha value is -0.840. The van der Waals surface area contributed by atoms with Crippen molar-refractivity contribution in [1.29, 1.82) is 0 Å². The van der Waals surface area contributed by atoms with Crippen molar-refractivity contribution in [2.45, 2.75) is 42.7 Å². The molecule has 0 saturated carbocycles. The number of nitrogens with zero attached hydrogens (tertiary/aromatic N) is 1. The van der Waals surface area contributed by atoms with E-state index in [9.17, 15) is 0 Å². The van der Waals surface area contributed by atoms with Crippen molar-refractivity contribution in [3.63, 3.8) is 0 Å². The Kier molecular flexibility index (Phi) is 6.74. The maximum atomic E-state index is 4.46. The smallest absolute Gasteiger partial charge is 0.101 e. The van der Waals surface area contributed by atoms with Crippen LogP contribution in [0.1, 0.15) is 38.3 Å². The molecule has 1 heterocycles. The van der Waals surface area contributed by atoms with Crippen LogP contribution in [0.15, 0.2) is 57.0 Å². The zero-order chi connectivity index (χ0) is 15.1. The molecule has 112 valence electrons. The minimum absolute atomic E-state index is 0.407. The van der Waals surface area contributed by atoms with Gasteiger partial charge in [-0.05, 0) is 59.1 Å². The number of pyridine rings is 1. The number of nitrogens with one attached hydrogen (secondary N) is 1. The van der Waals surface area contributed by atoms with E-state index in [1.165, 1.54) is 10.5 Å². The van der Waals surface area contributed by atoms with Gasteiger partial charge in [0, 0.05) is 21.6 Å². The fourth-order valence-corrected chi connectivity index (χ4v) is 3.37. The van der Waals surface area contributed by atoms with Crippen molar-refractivity contribution in [3.8, 4) is 0 Å². The second kappa shape index (κ2) is 8.57. The van der Waals surface area contributed by atoms with E-state index in [0.29, 0.717) is 6.04 Å². The third-order valence-corrected chi connectivity index (χ3v) is 4.77. The number of aromatic nitrogens is 1. The number of benzene rings is 1. The predicted octanol–water partition coefficient (Wildman–Crippen LogP) is 5.45. The van der Waals surface area contributed by atoms with Crippen LogP contribution in [0.5, 0.6) is 0 Å². The first-order valence-corrected chi connectivity index (χ1v) is 8.97. The molecule has 1 N–H and O–H groups in total. The number of hydrogen-bond acceptors (Lipinski definition) is 3. The maximum Gasteiger partial charge on any atom is 0.101 e. The molecule has 1 unspecified atom stereocenters. The summed E-state index contributed by atoms with van der Waals surface area (Å²) < 4.78 is 1.01. The molecule has 2 rings (SSSR count). The van der Waals surface area contributed by atoms with Gasteiger partial charge in [0.15, 0.2) is 0 Å². The third-order valence-electron chi connectivity index (χ3n) is 3.26. The van der Waals surface area contributed by atoms with Crippen LogP contribution in [0.4, 0.5) is 0 Å². The van der Waals surface area contributed by atoms with Crippen LogP contribution in [-0.4, -0.2) is 11.5 Å². The van der Waals surface area contributed by atoms with Crippen molar-refractivity contribution < 1.29 is 0 Å². The molecule has 0 radical (unpaired) electrons. The van der Waals surface area contributed by atoms with Gasteiger partial charge in [-0.15, -0.1) is 0 Å². The zero-order valence-corrected chi connectivity index (χ0v) is 14.9. The molecule has 0 saturated heterocycles. The van der Waals surface area contributed by atoms with Gasteiger partial charge < -0.3 is 5.32 Å². The van der Waals surface area contributed by atoms with Crippen molar-refractivity contribution in [3.05, 3.63) is 52.6 Å². The SMILES string of the molecule is CCCNC(CC)c1ccccc1Sc1ccc(Br)cn1. The summed E-state index contributed by atoms with van der Waals surface area (Å²) >= 11 is 5.15. The summed E-state index contributed by atoms with van der Waals surface area (Å²) in [6.07, 6.45) is 4.09. The fraction of sp³-hybridized carbons (Fsp3) is 0.353. The minimum atomic E-state index is 0.407. The van der Waals surface area contributed by atoms with Crippen LogP contribution in [0.3, 0.4) is 0 Å². The second-order valence-corrected chi connectivity index (χ2v) is 6.85. The van der Waals surface area contributed by atoms with E-state index in [2.05, 4.69) is 64.3 Å². The molecule has 21 heavy (non-hydrogen) atoms. The molecule has 0 aliphatic carbocycles. The summed E-state index contributed by atoms with van der Waals surface area (Å²) in [6.45, 7) is 5.48. The second-order valence-electron chi connectivity index (χ2n) is 4.87. The number of halogens is 1. The molecule has 4 heteroatoms. The van der Waals surface area contributed by atoms with Gasteiger partial charge in [0.2, 0.25) is 0 Å². The summed E-state index contributed by atoms with van der Waals surface area (Å²) in [7, 11) is 0. The minimum Gasteiger partial charge on any atom is -0.310 e. The lowest BCUT2D eigenvalue weighted by atomic mass is 10.0. The summed E-state index contributed by atoms with van der Waals surface area (Å²) in [5.41, 5.74) is 1.36. The molecule has 1 aromatic carbocycles. The van der Waals surface area contributed by atoms with Crippen LogP contribution in [0, 0.1) is 0 Å². The highest BCUT2D eigenvalue weighted by molar-refractivity contribution is 9.10. The van der Waals surface area contributed by atoms with Gasteiger partial charge in [0.25, 0.3) is 0 Å². The first kappa shape index (κ1) is 16.5. The lowest BCUT2D eigenvalue weighted by Gasteiger charge is -2.20. The van der Waals surface area contributed by atoms with Crippen LogP contribution < -0.4 is 5.32 Å². The lowest BCUT2D eigenvalue weighted by Crippen LogP contribution is -2.21. The van der Waals surface area contributed by atoms with Gasteiger partial charge in [-0.1, -0.05) is 43.8 Å². The van der Waals surface area contributed by atoms with E-state index in [-0.39, 0.29) is 0 Å². The molecule has 0 aliphatic heterocycles. The van der Waals surface area contributed by atoms with Crippen molar-refractivity contribution in [2.75, 3.05) is 6.54 Å². The molecular formula is C17H21BrN2S. The highest BCUT2D eigenvalue weighted by Gasteiger charge is 2.13. The van der Waals surface area contributed by atoms with Crippen LogP contribution in [0.25, 0.3) is 0 Å². The lowest BCUT2D eigenvalue weighted by molar-refractivity contribution is 0.512. The molecule has 0 bridgehead atoms. The molecule has 0 fully saturated rings. The number of hydrogen-bond donors (Lipinski definition) is 1. The van der Waals surface area contributed by atoms with Crippen molar-refractivity contribution >= 4 is 27.7 Å². The van der Waals surface area contributed by atoms with Crippen molar-refractivity contribution in [2.24, 2.45) is 0 Å². The molecule has 0 spiro atoms. The largest absolute Gasteiger partial charge is 0.310 e. The standard InChI is InChI=1S/C17H21BrN2S/c1-3-11-19-15(4-2)14-7-5-6-8-16(14)21-17-10-9-13(18)12-20-17/h5-10,12,15,19H,3-4,11H2,1-2H3. The summed E-state index contributed by atoms with van der Waals surface area (Å²) in [6, 6.07) is 13.1. The Morgan fingerprint density at radius 3 is 2.67 bits per heavy atom. The Balaban J connectivity index is 2.21. The normalized spacial score (nSPS) is 12.3. The van der Waals surface area contributed by atoms with Gasteiger partial charge in [0.05, 0.1) is 0 Å². The Morgan fingerprint density at radius 2 is 2.00 bits per heavy atom. The quantitative estimate of drug-likeness (QED) is 0.707. The third kappa shape index (κ3) is 4.83. The van der Waals surface area contributed by atoms with Gasteiger partial charge in [0.1, 0.15) is 5.03 Å². The van der Waals surface area contributed by atoms with Crippen LogP contribution in [0.2, 0.25) is 0 Å². The topological polar surface area (TPSA) is 24.9 Å². The predicted molar refractivity (Wildman–Crippen MR) is 93.8 cm³/mol. The summed E-state index contributed by atoms with van der Waals surface area (Å²) in [4.78, 5) is 5.74. The molecule has 1 aromatic heterocycles. The fourth-order valence-electron chi connectivity index (χ4n) is 2.19. The van der Waals surface area contributed by atoms with Gasteiger partial charge in [-0.25, -0.2) is 4.98 Å². The monoisotopic (exact) mass is 364 g/mol. The average molecular weight is 365 g/mol. The Labute approximate surface area is 139 Å². The van der Waals surface area contributed by atoms with E-state index in [1.54, 1.807) is 11.8 Å². The molecule has 2 aromatic rings. The van der Waals surface area contributed by atoms with E-state index >= 15 is 0 Å². The van der Waals surface area contributed by atoms with Gasteiger partial charge in [-0.3, -0.25) is 0 Å². The molecule has 2 nitrogen and oxygen atoms in total. The van der Waals surface area contributed by atoms with Gasteiger partial charge >= 0.3 is 0 Å². The maximum absolute atomic E-state index is 4.46. The van der Waals surface area contributed by atoms with Crippen molar-refractivity contribution in [1.82, 2.24) is 10.3 Å². The zero-order valence-electron chi connectivity index (χ0n) is 12.5. The average Bonchev–Trinajstić information content (AvgIpc) is 2.52. The Morgan fingerprint density at radius 1 is 1.19 bits per heavy atom. The Bertz CT molecular complexity index is 557. The summed E-state index contributed by atoms with van der Waals surface area (Å²) in [5.74, 6) is 0. The highest BCUT2D eigenvalue weighted by atomic mass is 79.9. The first-order valence-electron chi connectivity index (χ1n) is 7.36. The molecular weight excluding hydrogens is 344 g/mol.